The third-order valence-electron chi connectivity index (χ3n) is 11.4. The van der Waals surface area contributed by atoms with Crippen LogP contribution in [0.2, 0.25) is 0 Å². The first kappa shape index (κ1) is 34.8. The molecule has 1 saturated heterocycles. The van der Waals surface area contributed by atoms with Gasteiger partial charge in [0.2, 0.25) is 5.78 Å². The first-order chi connectivity index (χ1) is 22.9. The SMILES string of the molecule is CC1(C)O[C@@H]2CC3C4CCC5=CC(=O)C=C[C@]5(C)[C@@]4(F)[C@@H](O)C[C@]3(C)[C@]2(C(=O)COC(=O)CCC(=O)Oc2cccc(CO[N+](=O)[O-])c2)O1. The lowest BCUT2D eigenvalue weighted by atomic mass is 9.44. The average molecular weight is 686 g/mol. The van der Waals surface area contributed by atoms with Crippen LogP contribution in [0.15, 0.2) is 48.1 Å². The van der Waals surface area contributed by atoms with Gasteiger partial charge in [-0.15, -0.1) is 10.1 Å². The summed E-state index contributed by atoms with van der Waals surface area (Å²) in [5.41, 5.74) is -5.02. The number of halogens is 1. The van der Waals surface area contributed by atoms with Gasteiger partial charge >= 0.3 is 11.9 Å². The van der Waals surface area contributed by atoms with Crippen LogP contribution in [0.1, 0.15) is 71.8 Å². The lowest BCUT2D eigenvalue weighted by Gasteiger charge is -2.62. The van der Waals surface area contributed by atoms with Gasteiger partial charge in [0.05, 0.1) is 25.0 Å². The first-order valence-electron chi connectivity index (χ1n) is 16.4. The summed E-state index contributed by atoms with van der Waals surface area (Å²) in [5.74, 6) is -4.61. The van der Waals surface area contributed by atoms with E-state index in [0.29, 0.717) is 24.0 Å². The lowest BCUT2D eigenvalue weighted by molar-refractivity contribution is -0.763. The van der Waals surface area contributed by atoms with Crippen molar-refractivity contribution < 1.29 is 57.5 Å². The summed E-state index contributed by atoms with van der Waals surface area (Å²) in [6.45, 7) is 5.84. The maximum atomic E-state index is 17.6. The van der Waals surface area contributed by atoms with Crippen LogP contribution in [0.25, 0.3) is 0 Å². The minimum atomic E-state index is -2.11. The summed E-state index contributed by atoms with van der Waals surface area (Å²) in [5, 5.41) is 21.2. The Bertz CT molecular complexity index is 1660. The zero-order chi connectivity index (χ0) is 35.6. The number of fused-ring (bicyclic) bond motifs is 7. The first-order valence-corrected chi connectivity index (χ1v) is 16.4. The summed E-state index contributed by atoms with van der Waals surface area (Å²) in [6, 6.07) is 5.93. The number of ketones is 2. The molecule has 0 amide bonds. The molecule has 0 spiro atoms. The lowest BCUT2D eigenvalue weighted by Crippen LogP contribution is -2.70. The van der Waals surface area contributed by atoms with Crippen LogP contribution in [0.4, 0.5) is 4.39 Å². The molecule has 1 heterocycles. The second-order valence-electron chi connectivity index (χ2n) is 14.5. The number of aliphatic hydroxyl groups is 1. The van der Waals surface area contributed by atoms with Gasteiger partial charge in [-0.2, -0.15) is 0 Å². The number of hydrogen-bond donors (Lipinski definition) is 1. The van der Waals surface area contributed by atoms with Crippen LogP contribution in [-0.4, -0.2) is 69.6 Å². The number of rotatable bonds is 10. The molecule has 3 saturated carbocycles. The highest BCUT2D eigenvalue weighted by molar-refractivity contribution is 6.01. The molecule has 1 aromatic rings. The maximum Gasteiger partial charge on any atom is 0.311 e. The molecule has 1 aliphatic heterocycles. The van der Waals surface area contributed by atoms with E-state index >= 15 is 4.39 Å². The number of hydrogen-bond acceptors (Lipinski definition) is 12. The Morgan fingerprint density at radius 2 is 1.86 bits per heavy atom. The van der Waals surface area contributed by atoms with E-state index in [1.165, 1.54) is 30.4 Å². The Hall–Kier alpha value is -4.01. The zero-order valence-electron chi connectivity index (χ0n) is 27.8. The quantitative estimate of drug-likeness (QED) is 0.162. The molecule has 4 aliphatic carbocycles. The van der Waals surface area contributed by atoms with E-state index < -0.39 is 87.8 Å². The van der Waals surface area contributed by atoms with E-state index in [-0.39, 0.29) is 37.4 Å². The monoisotopic (exact) mass is 685 g/mol. The normalized spacial score (nSPS) is 36.8. The van der Waals surface area contributed by atoms with Crippen LogP contribution in [0.5, 0.6) is 5.75 Å². The predicted molar refractivity (Wildman–Crippen MR) is 166 cm³/mol. The summed E-state index contributed by atoms with van der Waals surface area (Å²) >= 11 is 0. The van der Waals surface area contributed by atoms with Gasteiger partial charge in [-0.3, -0.25) is 19.2 Å². The summed E-state index contributed by atoms with van der Waals surface area (Å²) < 4.78 is 40.9. The molecule has 6 rings (SSSR count). The highest BCUT2D eigenvalue weighted by atomic mass is 19.1. The molecular formula is C35H40FNO12. The molecule has 0 aromatic heterocycles. The molecule has 0 bridgehead atoms. The van der Waals surface area contributed by atoms with Gasteiger partial charge in [-0.25, -0.2) is 4.39 Å². The van der Waals surface area contributed by atoms with Crippen molar-refractivity contribution in [2.75, 3.05) is 6.61 Å². The van der Waals surface area contributed by atoms with Crippen molar-refractivity contribution in [2.24, 2.45) is 22.7 Å². The van der Waals surface area contributed by atoms with Crippen molar-refractivity contribution in [3.8, 4) is 5.75 Å². The number of esters is 2. The van der Waals surface area contributed by atoms with E-state index in [2.05, 4.69) is 4.84 Å². The van der Waals surface area contributed by atoms with Gasteiger partial charge in [-0.1, -0.05) is 30.7 Å². The van der Waals surface area contributed by atoms with Gasteiger partial charge in [0.1, 0.15) is 12.4 Å². The van der Waals surface area contributed by atoms with Gasteiger partial charge in [0.15, 0.2) is 29.4 Å². The van der Waals surface area contributed by atoms with Gasteiger partial charge in [0.25, 0.3) is 5.09 Å². The molecule has 5 aliphatic rings. The number of allylic oxidation sites excluding steroid dienone is 4. The largest absolute Gasteiger partial charge is 0.458 e. The van der Waals surface area contributed by atoms with Crippen molar-refractivity contribution >= 4 is 23.5 Å². The Labute approximate surface area is 281 Å². The molecule has 4 fully saturated rings. The molecule has 8 atom stereocenters. The number of carbonyl (C=O) groups excluding carboxylic acids is 4. The van der Waals surface area contributed by atoms with Crippen molar-refractivity contribution in [2.45, 2.75) is 102 Å². The van der Waals surface area contributed by atoms with Crippen LogP contribution >= 0.6 is 0 Å². The van der Waals surface area contributed by atoms with E-state index in [1.54, 1.807) is 32.9 Å². The predicted octanol–water partition coefficient (Wildman–Crippen LogP) is 4.06. The van der Waals surface area contributed by atoms with E-state index in [4.69, 9.17) is 18.9 Å². The maximum absolute atomic E-state index is 17.6. The second-order valence-corrected chi connectivity index (χ2v) is 14.5. The Kier molecular flexibility index (Phi) is 8.60. The van der Waals surface area contributed by atoms with Crippen molar-refractivity contribution in [1.82, 2.24) is 0 Å². The number of Topliss-reactive ketones (excluding diaryl/α,β-unsaturated/α-hetero) is 1. The number of benzene rings is 1. The molecule has 14 heteroatoms. The van der Waals surface area contributed by atoms with Crippen LogP contribution < -0.4 is 4.74 Å². The topological polar surface area (TPSA) is 178 Å². The fraction of sp³-hybridized carbons (Fsp3) is 0.600. The molecule has 264 valence electrons. The number of aliphatic hydroxyl groups excluding tert-OH is 1. The summed E-state index contributed by atoms with van der Waals surface area (Å²) in [6.07, 6.45) is 2.28. The molecule has 0 radical (unpaired) electrons. The second kappa shape index (κ2) is 12.1. The fourth-order valence-corrected chi connectivity index (χ4v) is 9.35. The Morgan fingerprint density at radius 3 is 2.59 bits per heavy atom. The number of alkyl halides is 1. The Balaban J connectivity index is 1.14. The van der Waals surface area contributed by atoms with Gasteiger partial charge in [0, 0.05) is 16.7 Å². The molecular weight excluding hydrogens is 645 g/mol. The number of ether oxygens (including phenoxy) is 4. The van der Waals surface area contributed by atoms with Crippen molar-refractivity contribution in [1.29, 1.82) is 0 Å². The molecule has 1 aromatic carbocycles. The third kappa shape index (κ3) is 5.57. The standard InChI is InChI=1S/C35H40FNO12/c1-31(2)48-28-16-25-24-9-8-21-15-22(38)12-13-32(21,3)34(24,36)26(39)17-33(25,4)35(28,49-31)27(40)19-45-29(41)10-11-30(42)47-23-7-5-6-20(14-23)18-46-37(43)44/h5-7,12-15,24-26,28,39H,8-11,16-19H2,1-4H3/t24?,25?,26-,28+,32-,33-,34-,35+/m0/s1. The minimum Gasteiger partial charge on any atom is -0.458 e. The van der Waals surface area contributed by atoms with E-state index in [1.807, 2.05) is 6.92 Å². The van der Waals surface area contributed by atoms with E-state index in [9.17, 15) is 34.4 Å². The third-order valence-corrected chi connectivity index (χ3v) is 11.4. The van der Waals surface area contributed by atoms with Crippen LogP contribution in [0.3, 0.4) is 0 Å². The smallest absolute Gasteiger partial charge is 0.311 e. The van der Waals surface area contributed by atoms with Crippen molar-refractivity contribution in [3.63, 3.8) is 0 Å². The highest BCUT2D eigenvalue weighted by Gasteiger charge is 2.80. The summed E-state index contributed by atoms with van der Waals surface area (Å²) in [4.78, 5) is 66.3. The molecule has 49 heavy (non-hydrogen) atoms. The van der Waals surface area contributed by atoms with Crippen molar-refractivity contribution in [3.05, 3.63) is 63.7 Å². The number of carbonyl (C=O) groups is 4. The zero-order valence-corrected chi connectivity index (χ0v) is 27.8. The van der Waals surface area contributed by atoms with Crippen LogP contribution in [-0.2, 0) is 44.8 Å². The van der Waals surface area contributed by atoms with Crippen LogP contribution in [0, 0.1) is 32.8 Å². The fourth-order valence-electron chi connectivity index (χ4n) is 9.35. The highest BCUT2D eigenvalue weighted by Crippen LogP contribution is 2.72. The Morgan fingerprint density at radius 1 is 1.12 bits per heavy atom. The molecule has 13 nitrogen and oxygen atoms in total. The van der Waals surface area contributed by atoms with Gasteiger partial charge in [-0.05, 0) is 82.2 Å². The minimum absolute atomic E-state index is 0.104. The summed E-state index contributed by atoms with van der Waals surface area (Å²) in [7, 11) is 0. The molecule has 1 N–H and O–H groups in total. The van der Waals surface area contributed by atoms with E-state index in [0.717, 1.165) is 0 Å². The average Bonchev–Trinajstić information content (AvgIpc) is 3.44. The van der Waals surface area contributed by atoms with Gasteiger partial charge < -0.3 is 28.9 Å². The number of nitrogens with zero attached hydrogens (tertiary/aromatic N) is 1. The molecule has 2 unspecified atom stereocenters.